The van der Waals surface area contributed by atoms with Crippen molar-refractivity contribution in [3.63, 3.8) is 0 Å². The molecule has 0 heterocycles. The first kappa shape index (κ1) is 20.5. The summed E-state index contributed by atoms with van der Waals surface area (Å²) in [6.07, 6.45) is -4.30. The fourth-order valence-corrected chi connectivity index (χ4v) is 3.02. The summed E-state index contributed by atoms with van der Waals surface area (Å²) in [5.41, 5.74) is 2.21. The van der Waals surface area contributed by atoms with Gasteiger partial charge >= 0.3 is 6.18 Å². The van der Waals surface area contributed by atoms with Gasteiger partial charge in [-0.3, -0.25) is 0 Å². The van der Waals surface area contributed by atoms with Crippen LogP contribution in [-0.4, -0.2) is 18.1 Å². The Hall–Kier alpha value is -1.85. The van der Waals surface area contributed by atoms with E-state index in [2.05, 4.69) is 38.3 Å². The molecule has 0 atom stereocenters. The standard InChI is InChI=1S/C21H27F3N2/c1-15(2)26-20(3,4)14-25-13-16-5-7-17(8-6-16)18-9-11-19(12-10-18)21(22,23)24/h5-12,15,25-26H,13-14H2,1-4H3. The number of alkyl halides is 3. The van der Waals surface area contributed by atoms with Crippen molar-refractivity contribution in [2.24, 2.45) is 0 Å². The first-order valence-corrected chi connectivity index (χ1v) is 8.82. The van der Waals surface area contributed by atoms with Gasteiger partial charge in [-0.1, -0.05) is 50.2 Å². The molecule has 5 heteroatoms. The highest BCUT2D eigenvalue weighted by Crippen LogP contribution is 2.31. The van der Waals surface area contributed by atoms with Gasteiger partial charge < -0.3 is 10.6 Å². The summed E-state index contributed by atoms with van der Waals surface area (Å²) in [6.45, 7) is 10.2. The predicted octanol–water partition coefficient (Wildman–Crippen LogP) is 5.24. The van der Waals surface area contributed by atoms with Crippen LogP contribution in [0.4, 0.5) is 13.2 Å². The minimum Gasteiger partial charge on any atom is -0.311 e. The van der Waals surface area contributed by atoms with E-state index in [1.54, 1.807) is 0 Å². The molecule has 0 bridgehead atoms. The van der Waals surface area contributed by atoms with Crippen LogP contribution >= 0.6 is 0 Å². The van der Waals surface area contributed by atoms with E-state index in [1.165, 1.54) is 12.1 Å². The van der Waals surface area contributed by atoms with Crippen molar-refractivity contribution in [3.05, 3.63) is 59.7 Å². The molecule has 0 amide bonds. The second-order valence-corrected chi connectivity index (χ2v) is 7.56. The predicted molar refractivity (Wildman–Crippen MR) is 101 cm³/mol. The molecule has 2 aromatic rings. The SMILES string of the molecule is CC(C)NC(C)(C)CNCc1ccc(-c2ccc(C(F)(F)F)cc2)cc1. The molecule has 0 saturated heterocycles. The largest absolute Gasteiger partial charge is 0.416 e. The molecule has 0 fully saturated rings. The maximum absolute atomic E-state index is 12.6. The lowest BCUT2D eigenvalue weighted by atomic mass is 10.0. The average Bonchev–Trinajstić information content (AvgIpc) is 2.53. The Morgan fingerprint density at radius 1 is 0.846 bits per heavy atom. The maximum atomic E-state index is 12.6. The molecule has 0 unspecified atom stereocenters. The lowest BCUT2D eigenvalue weighted by molar-refractivity contribution is -0.137. The maximum Gasteiger partial charge on any atom is 0.416 e. The van der Waals surface area contributed by atoms with E-state index in [-0.39, 0.29) is 5.54 Å². The summed E-state index contributed by atoms with van der Waals surface area (Å²) in [5, 5.41) is 6.95. The third kappa shape index (κ3) is 6.15. The minimum atomic E-state index is -4.30. The van der Waals surface area contributed by atoms with Crippen molar-refractivity contribution in [3.8, 4) is 11.1 Å². The first-order valence-electron chi connectivity index (χ1n) is 8.82. The molecule has 0 aliphatic heterocycles. The number of nitrogens with one attached hydrogen (secondary N) is 2. The van der Waals surface area contributed by atoms with Crippen molar-refractivity contribution in [2.75, 3.05) is 6.54 Å². The number of benzene rings is 2. The first-order chi connectivity index (χ1) is 12.1. The smallest absolute Gasteiger partial charge is 0.311 e. The molecule has 0 radical (unpaired) electrons. The Bertz CT molecular complexity index is 687. The van der Waals surface area contributed by atoms with Gasteiger partial charge in [-0.15, -0.1) is 0 Å². The molecular formula is C21H27F3N2. The Morgan fingerprint density at radius 3 is 1.81 bits per heavy atom. The van der Waals surface area contributed by atoms with E-state index < -0.39 is 11.7 Å². The summed E-state index contributed by atoms with van der Waals surface area (Å²) in [7, 11) is 0. The van der Waals surface area contributed by atoms with Crippen LogP contribution in [0.1, 0.15) is 38.8 Å². The van der Waals surface area contributed by atoms with Gasteiger partial charge in [-0.05, 0) is 42.7 Å². The normalized spacial score (nSPS) is 12.6. The lowest BCUT2D eigenvalue weighted by Gasteiger charge is -2.29. The molecule has 0 aliphatic carbocycles. The van der Waals surface area contributed by atoms with Crippen LogP contribution in [0.2, 0.25) is 0 Å². The quantitative estimate of drug-likeness (QED) is 0.702. The number of rotatable bonds is 7. The van der Waals surface area contributed by atoms with Gasteiger partial charge in [-0.2, -0.15) is 13.2 Å². The van der Waals surface area contributed by atoms with Crippen molar-refractivity contribution in [2.45, 2.75) is 52.0 Å². The van der Waals surface area contributed by atoms with Crippen LogP contribution in [0.15, 0.2) is 48.5 Å². The summed E-state index contributed by atoms with van der Waals surface area (Å²) >= 11 is 0. The number of hydrogen-bond acceptors (Lipinski definition) is 2. The van der Waals surface area contributed by atoms with Crippen LogP contribution < -0.4 is 10.6 Å². The van der Waals surface area contributed by atoms with E-state index in [0.717, 1.165) is 41.9 Å². The summed E-state index contributed by atoms with van der Waals surface area (Å²) in [4.78, 5) is 0. The molecule has 0 aromatic heterocycles. The Kier molecular flexibility index (Phi) is 6.48. The fraction of sp³-hybridized carbons (Fsp3) is 0.429. The van der Waals surface area contributed by atoms with Gasteiger partial charge in [0.05, 0.1) is 5.56 Å². The highest BCUT2D eigenvalue weighted by molar-refractivity contribution is 5.64. The molecule has 2 aromatic carbocycles. The molecule has 0 aliphatic rings. The van der Waals surface area contributed by atoms with Gasteiger partial charge in [0.1, 0.15) is 0 Å². The summed E-state index contributed by atoms with van der Waals surface area (Å²) in [6, 6.07) is 13.6. The third-order valence-electron chi connectivity index (χ3n) is 4.07. The van der Waals surface area contributed by atoms with Gasteiger partial charge in [0, 0.05) is 24.7 Å². The van der Waals surface area contributed by atoms with Crippen LogP contribution in [0, 0.1) is 0 Å². The topological polar surface area (TPSA) is 24.1 Å². The average molecular weight is 364 g/mol. The zero-order valence-corrected chi connectivity index (χ0v) is 15.7. The molecule has 2 rings (SSSR count). The molecule has 0 spiro atoms. The van der Waals surface area contributed by atoms with Crippen molar-refractivity contribution >= 4 is 0 Å². The van der Waals surface area contributed by atoms with Gasteiger partial charge in [-0.25, -0.2) is 0 Å². The number of hydrogen-bond donors (Lipinski definition) is 2. The molecule has 26 heavy (non-hydrogen) atoms. The van der Waals surface area contributed by atoms with Gasteiger partial charge in [0.2, 0.25) is 0 Å². The van der Waals surface area contributed by atoms with E-state index in [1.807, 2.05) is 24.3 Å². The molecule has 142 valence electrons. The third-order valence-corrected chi connectivity index (χ3v) is 4.07. The Labute approximate surface area is 153 Å². The highest BCUT2D eigenvalue weighted by Gasteiger charge is 2.29. The molecule has 2 N–H and O–H groups in total. The van der Waals surface area contributed by atoms with E-state index >= 15 is 0 Å². The Balaban J connectivity index is 1.94. The van der Waals surface area contributed by atoms with Crippen molar-refractivity contribution < 1.29 is 13.2 Å². The highest BCUT2D eigenvalue weighted by atomic mass is 19.4. The van der Waals surface area contributed by atoms with Crippen LogP contribution in [0.3, 0.4) is 0 Å². The van der Waals surface area contributed by atoms with Gasteiger partial charge in [0.25, 0.3) is 0 Å². The zero-order chi connectivity index (χ0) is 19.4. The van der Waals surface area contributed by atoms with Crippen LogP contribution in [0.25, 0.3) is 11.1 Å². The van der Waals surface area contributed by atoms with Gasteiger partial charge in [0.15, 0.2) is 0 Å². The van der Waals surface area contributed by atoms with E-state index in [9.17, 15) is 13.2 Å². The van der Waals surface area contributed by atoms with Crippen molar-refractivity contribution in [1.82, 2.24) is 10.6 Å². The fourth-order valence-electron chi connectivity index (χ4n) is 3.02. The molecular weight excluding hydrogens is 337 g/mol. The lowest BCUT2D eigenvalue weighted by Crippen LogP contribution is -2.50. The summed E-state index contributed by atoms with van der Waals surface area (Å²) in [5.74, 6) is 0. The van der Waals surface area contributed by atoms with Crippen molar-refractivity contribution in [1.29, 1.82) is 0 Å². The Morgan fingerprint density at radius 2 is 1.35 bits per heavy atom. The van der Waals surface area contributed by atoms with E-state index in [4.69, 9.17) is 0 Å². The molecule has 2 nitrogen and oxygen atoms in total. The van der Waals surface area contributed by atoms with Crippen LogP contribution in [0.5, 0.6) is 0 Å². The summed E-state index contributed by atoms with van der Waals surface area (Å²) < 4.78 is 37.9. The second-order valence-electron chi connectivity index (χ2n) is 7.56. The molecule has 0 saturated carbocycles. The van der Waals surface area contributed by atoms with E-state index in [0.29, 0.717) is 6.04 Å². The minimum absolute atomic E-state index is 0.00827. The zero-order valence-electron chi connectivity index (χ0n) is 15.7. The number of halogens is 3. The van der Waals surface area contributed by atoms with Crippen LogP contribution in [-0.2, 0) is 12.7 Å². The monoisotopic (exact) mass is 364 g/mol. The second kappa shape index (κ2) is 8.23.